The average Bonchev–Trinajstić information content (AvgIpc) is 3.47. The Kier molecular flexibility index (Phi) is 17.0. The monoisotopic (exact) mass is 797 g/mol. The SMILES string of the molecule is Cn1c(COC(=O)C(CCC(=O)NCCc2ccc(S(N)(=O)=O)cc2)N2CCN(CC(=O)O)CCN(CC(=O)O)CCN(CC(=O)O)CC2)cnc1[N+](=O)[O-]. The molecule has 23 heteroatoms. The molecule has 2 heterocycles. The number of amides is 1. The number of carboxylic acid groups (broad SMARTS) is 3. The van der Waals surface area contributed by atoms with Crippen LogP contribution >= 0.6 is 0 Å². The summed E-state index contributed by atoms with van der Waals surface area (Å²) in [5.41, 5.74) is 0.945. The molecule has 55 heavy (non-hydrogen) atoms. The van der Waals surface area contributed by atoms with E-state index in [1.54, 1.807) is 31.7 Å². The molecule has 0 saturated carbocycles. The van der Waals surface area contributed by atoms with Gasteiger partial charge in [-0.1, -0.05) is 17.1 Å². The summed E-state index contributed by atoms with van der Waals surface area (Å²) in [7, 11) is -2.49. The number of nitrogens with two attached hydrogens (primary N) is 1. The molecule has 1 unspecified atom stereocenters. The smallest absolute Gasteiger partial charge is 0.434 e. The highest BCUT2D eigenvalue weighted by Gasteiger charge is 2.31. The molecule has 0 radical (unpaired) electrons. The van der Waals surface area contributed by atoms with Crippen molar-refractivity contribution in [1.82, 2.24) is 34.5 Å². The minimum atomic E-state index is -3.87. The van der Waals surface area contributed by atoms with Gasteiger partial charge in [-0.2, -0.15) is 0 Å². The number of aromatic nitrogens is 2. The van der Waals surface area contributed by atoms with E-state index >= 15 is 0 Å². The molecule has 1 saturated heterocycles. The quantitative estimate of drug-likeness (QED) is 0.0619. The molecule has 0 bridgehead atoms. The Morgan fingerprint density at radius 1 is 0.891 bits per heavy atom. The van der Waals surface area contributed by atoms with Gasteiger partial charge in [-0.25, -0.2) is 18.1 Å². The third-order valence-electron chi connectivity index (χ3n) is 8.88. The van der Waals surface area contributed by atoms with E-state index in [9.17, 15) is 57.8 Å². The van der Waals surface area contributed by atoms with Crippen molar-refractivity contribution in [2.24, 2.45) is 12.2 Å². The number of carboxylic acids is 3. The third kappa shape index (κ3) is 15.3. The van der Waals surface area contributed by atoms with Crippen LogP contribution in [0.25, 0.3) is 0 Å². The van der Waals surface area contributed by atoms with Crippen LogP contribution in [0.1, 0.15) is 24.1 Å². The van der Waals surface area contributed by atoms with Gasteiger partial charge in [0.15, 0.2) is 5.69 Å². The molecule has 0 spiro atoms. The number of hydrogen-bond acceptors (Lipinski definition) is 15. The fraction of sp³-hybridized carbons (Fsp3) is 0.562. The lowest BCUT2D eigenvalue weighted by Crippen LogP contribution is -2.52. The molecule has 1 amide bonds. The number of aliphatic carboxylic acids is 3. The van der Waals surface area contributed by atoms with Crippen LogP contribution in [0.15, 0.2) is 35.4 Å². The van der Waals surface area contributed by atoms with Crippen LogP contribution in [0.2, 0.25) is 0 Å². The van der Waals surface area contributed by atoms with Gasteiger partial charge < -0.3 is 35.5 Å². The number of carbonyl (C=O) groups is 5. The van der Waals surface area contributed by atoms with Gasteiger partial charge >= 0.3 is 29.8 Å². The van der Waals surface area contributed by atoms with Gasteiger partial charge in [0.1, 0.15) is 18.8 Å². The third-order valence-corrected chi connectivity index (χ3v) is 9.81. The van der Waals surface area contributed by atoms with Crippen LogP contribution in [-0.4, -0.2) is 172 Å². The molecular formula is C32H47N9O13S. The maximum atomic E-state index is 13.8. The topological polar surface area (TPSA) is 301 Å². The van der Waals surface area contributed by atoms with E-state index in [0.717, 1.165) is 10.1 Å². The largest absolute Gasteiger partial charge is 0.480 e. The second-order valence-electron chi connectivity index (χ2n) is 12.9. The molecule has 1 aliphatic rings. The number of nitrogens with one attached hydrogen (secondary N) is 1. The van der Waals surface area contributed by atoms with Crippen molar-refractivity contribution in [1.29, 1.82) is 0 Å². The molecular weight excluding hydrogens is 750 g/mol. The lowest BCUT2D eigenvalue weighted by molar-refractivity contribution is -0.396. The lowest BCUT2D eigenvalue weighted by Gasteiger charge is -2.35. The first kappa shape index (κ1) is 44.3. The van der Waals surface area contributed by atoms with Crippen LogP contribution in [-0.2, 0) is 58.8 Å². The average molecular weight is 798 g/mol. The number of hydrogen-bond donors (Lipinski definition) is 5. The second kappa shape index (κ2) is 21.1. The minimum Gasteiger partial charge on any atom is -0.480 e. The molecule has 6 N–H and O–H groups in total. The van der Waals surface area contributed by atoms with E-state index in [2.05, 4.69) is 10.3 Å². The van der Waals surface area contributed by atoms with Crippen LogP contribution in [0.4, 0.5) is 5.95 Å². The van der Waals surface area contributed by atoms with Crippen LogP contribution in [0.3, 0.4) is 0 Å². The fourth-order valence-corrected chi connectivity index (χ4v) is 6.40. The number of imidazole rings is 1. The summed E-state index contributed by atoms with van der Waals surface area (Å²) in [6.45, 7) is -0.371. The number of esters is 1. The lowest BCUT2D eigenvalue weighted by atomic mass is 10.1. The van der Waals surface area contributed by atoms with E-state index in [1.807, 2.05) is 0 Å². The summed E-state index contributed by atoms with van der Waals surface area (Å²) in [4.78, 5) is 82.6. The minimum absolute atomic E-state index is 0.0566. The molecule has 0 aliphatic carbocycles. The number of nitrogens with zero attached hydrogens (tertiary/aromatic N) is 7. The maximum Gasteiger partial charge on any atom is 0.434 e. The van der Waals surface area contributed by atoms with Gasteiger partial charge in [-0.15, -0.1) is 0 Å². The summed E-state index contributed by atoms with van der Waals surface area (Å²) in [5, 5.41) is 47.8. The maximum absolute atomic E-state index is 13.8. The Morgan fingerprint density at radius 2 is 1.38 bits per heavy atom. The predicted octanol–water partition coefficient (Wildman–Crippen LogP) is -2.00. The Labute approximate surface area is 316 Å². The van der Waals surface area contributed by atoms with E-state index < -0.39 is 63.3 Å². The van der Waals surface area contributed by atoms with Crippen molar-refractivity contribution < 1.29 is 57.4 Å². The Hall–Kier alpha value is -5.07. The van der Waals surface area contributed by atoms with E-state index in [4.69, 9.17) is 9.88 Å². The number of benzene rings is 1. The Morgan fingerprint density at radius 3 is 1.82 bits per heavy atom. The van der Waals surface area contributed by atoms with Crippen LogP contribution < -0.4 is 10.5 Å². The van der Waals surface area contributed by atoms with Crippen molar-refractivity contribution in [3.63, 3.8) is 0 Å². The van der Waals surface area contributed by atoms with Crippen molar-refractivity contribution in [2.75, 3.05) is 78.5 Å². The molecule has 1 aliphatic heterocycles. The number of nitro groups is 1. The molecule has 1 aromatic heterocycles. The highest BCUT2D eigenvalue weighted by atomic mass is 32.2. The van der Waals surface area contributed by atoms with Crippen molar-refractivity contribution in [3.05, 3.63) is 51.8 Å². The van der Waals surface area contributed by atoms with E-state index in [0.29, 0.717) is 6.42 Å². The summed E-state index contributed by atoms with van der Waals surface area (Å²) < 4.78 is 29.8. The zero-order chi connectivity index (χ0) is 40.7. The van der Waals surface area contributed by atoms with Crippen molar-refractivity contribution in [2.45, 2.75) is 36.8 Å². The van der Waals surface area contributed by atoms with Gasteiger partial charge in [-0.05, 0) is 35.5 Å². The fourth-order valence-electron chi connectivity index (χ4n) is 5.89. The highest BCUT2D eigenvalue weighted by Crippen LogP contribution is 2.16. The first-order valence-electron chi connectivity index (χ1n) is 17.2. The van der Waals surface area contributed by atoms with E-state index in [-0.39, 0.29) is 102 Å². The summed E-state index contributed by atoms with van der Waals surface area (Å²) >= 11 is 0. The molecule has 1 atom stereocenters. The van der Waals surface area contributed by atoms with Crippen molar-refractivity contribution >= 4 is 45.8 Å². The van der Waals surface area contributed by atoms with Crippen molar-refractivity contribution in [3.8, 4) is 0 Å². The number of rotatable bonds is 18. The summed E-state index contributed by atoms with van der Waals surface area (Å²) in [5.74, 6) is -5.04. The highest BCUT2D eigenvalue weighted by molar-refractivity contribution is 7.89. The number of ether oxygens (including phenoxy) is 1. The normalized spacial score (nSPS) is 16.3. The standard InChI is InChI=1S/C32H47N9O13S/c1-36-24(18-35-32(36)41(50)51)22-54-31(49)26(6-7-27(42)34-9-8-23-2-4-25(5-3-23)55(33,52)53)40-16-14-38(20-29(45)46)12-10-37(19-28(43)44)11-13-39(15-17-40)21-30(47)48/h2-5,18,26H,6-17,19-22H2,1H3,(H,34,42)(H,43,44)(H,45,46)(H,47,48)(H2,33,52,53). The molecule has 2 aromatic rings. The Bertz CT molecular complexity index is 1740. The van der Waals surface area contributed by atoms with Gasteiger partial charge in [0.05, 0.1) is 31.6 Å². The summed E-state index contributed by atoms with van der Waals surface area (Å²) in [6, 6.07) is 4.73. The number of primary sulfonamides is 1. The predicted molar refractivity (Wildman–Crippen MR) is 191 cm³/mol. The molecule has 304 valence electrons. The van der Waals surface area contributed by atoms with Gasteiger partial charge in [0.25, 0.3) is 0 Å². The molecule has 3 rings (SSSR count). The molecule has 1 aromatic carbocycles. The summed E-state index contributed by atoms with van der Waals surface area (Å²) in [6.07, 6.45) is 1.30. The van der Waals surface area contributed by atoms with Crippen LogP contribution in [0.5, 0.6) is 0 Å². The van der Waals surface area contributed by atoms with Gasteiger partial charge in [0, 0.05) is 65.3 Å². The molecule has 1 fully saturated rings. The van der Waals surface area contributed by atoms with Gasteiger partial charge in [-0.3, -0.25) is 43.6 Å². The first-order valence-corrected chi connectivity index (χ1v) is 18.7. The second-order valence-corrected chi connectivity index (χ2v) is 14.4. The first-order chi connectivity index (χ1) is 25.9. The zero-order valence-corrected chi connectivity index (χ0v) is 31.1. The van der Waals surface area contributed by atoms with E-state index in [1.165, 1.54) is 25.4 Å². The van der Waals surface area contributed by atoms with Crippen LogP contribution in [0, 0.1) is 10.1 Å². The Balaban J connectivity index is 1.83. The van der Waals surface area contributed by atoms with Gasteiger partial charge in [0.2, 0.25) is 15.9 Å². The molecule has 22 nitrogen and oxygen atoms in total. The number of carbonyl (C=O) groups excluding carboxylic acids is 2. The zero-order valence-electron chi connectivity index (χ0n) is 30.3. The number of sulfonamides is 1.